The van der Waals surface area contributed by atoms with Crippen LogP contribution < -0.4 is 5.32 Å². The second-order valence-electron chi connectivity index (χ2n) is 5.54. The zero-order valence-corrected chi connectivity index (χ0v) is 13.4. The van der Waals surface area contributed by atoms with Crippen LogP contribution in [-0.2, 0) is 11.3 Å². The monoisotopic (exact) mass is 293 g/mol. The molecule has 20 heavy (non-hydrogen) atoms. The van der Waals surface area contributed by atoms with Gasteiger partial charge in [-0.05, 0) is 30.5 Å². The third kappa shape index (κ3) is 5.86. The highest BCUT2D eigenvalue weighted by Crippen LogP contribution is 2.32. The first-order chi connectivity index (χ1) is 9.88. The summed E-state index contributed by atoms with van der Waals surface area (Å²) in [7, 11) is 1.74. The van der Waals surface area contributed by atoms with Crippen LogP contribution in [0.5, 0.6) is 0 Å². The van der Waals surface area contributed by atoms with Crippen molar-refractivity contribution in [2.45, 2.75) is 55.2 Å². The quantitative estimate of drug-likeness (QED) is 0.600. The number of rotatable bonds is 7. The minimum absolute atomic E-state index is 0.773. The van der Waals surface area contributed by atoms with E-state index in [1.165, 1.54) is 49.0 Å². The second kappa shape index (κ2) is 9.43. The van der Waals surface area contributed by atoms with Gasteiger partial charge in [0.05, 0.1) is 6.61 Å². The molecule has 1 aliphatic rings. The topological polar surface area (TPSA) is 21.3 Å². The SMILES string of the molecule is COCCNCc1ccc(SC2CCCCCC2)cc1. The van der Waals surface area contributed by atoms with Crippen LogP contribution in [0, 0.1) is 0 Å². The van der Waals surface area contributed by atoms with Crippen LogP contribution in [0.3, 0.4) is 0 Å². The van der Waals surface area contributed by atoms with Crippen LogP contribution in [0.1, 0.15) is 44.1 Å². The van der Waals surface area contributed by atoms with E-state index >= 15 is 0 Å². The highest BCUT2D eigenvalue weighted by Gasteiger charge is 2.13. The molecule has 3 heteroatoms. The Morgan fingerprint density at radius 1 is 1.10 bits per heavy atom. The first-order valence-corrected chi connectivity index (χ1v) is 8.71. The van der Waals surface area contributed by atoms with Gasteiger partial charge >= 0.3 is 0 Å². The molecule has 1 N–H and O–H groups in total. The summed E-state index contributed by atoms with van der Waals surface area (Å²) in [4.78, 5) is 1.43. The van der Waals surface area contributed by atoms with Crippen molar-refractivity contribution >= 4 is 11.8 Å². The Labute approximate surface area is 127 Å². The first-order valence-electron chi connectivity index (χ1n) is 7.84. The molecule has 0 saturated heterocycles. The molecule has 1 aromatic rings. The molecule has 0 amide bonds. The first kappa shape index (κ1) is 15.9. The summed E-state index contributed by atoms with van der Waals surface area (Å²) in [6.07, 6.45) is 8.49. The smallest absolute Gasteiger partial charge is 0.0587 e. The molecule has 1 aromatic carbocycles. The Morgan fingerprint density at radius 3 is 2.45 bits per heavy atom. The summed E-state index contributed by atoms with van der Waals surface area (Å²) in [5.74, 6) is 0. The number of ether oxygens (including phenoxy) is 1. The van der Waals surface area contributed by atoms with Gasteiger partial charge in [0.1, 0.15) is 0 Å². The predicted octanol–water partition coefficient (Wildman–Crippen LogP) is 4.24. The van der Waals surface area contributed by atoms with Crippen molar-refractivity contribution in [2.24, 2.45) is 0 Å². The van der Waals surface area contributed by atoms with Crippen molar-refractivity contribution in [2.75, 3.05) is 20.3 Å². The van der Waals surface area contributed by atoms with Crippen LogP contribution in [0.25, 0.3) is 0 Å². The molecule has 0 spiro atoms. The summed E-state index contributed by atoms with van der Waals surface area (Å²) >= 11 is 2.08. The van der Waals surface area contributed by atoms with E-state index in [9.17, 15) is 0 Å². The van der Waals surface area contributed by atoms with E-state index in [0.29, 0.717) is 0 Å². The highest BCUT2D eigenvalue weighted by molar-refractivity contribution is 8.00. The fraction of sp³-hybridized carbons (Fsp3) is 0.647. The molecule has 0 aromatic heterocycles. The average molecular weight is 293 g/mol. The van der Waals surface area contributed by atoms with Crippen molar-refractivity contribution in [3.63, 3.8) is 0 Å². The van der Waals surface area contributed by atoms with E-state index < -0.39 is 0 Å². The van der Waals surface area contributed by atoms with E-state index in [1.807, 2.05) is 0 Å². The van der Waals surface area contributed by atoms with Crippen molar-refractivity contribution in [1.29, 1.82) is 0 Å². The van der Waals surface area contributed by atoms with Gasteiger partial charge in [-0.15, -0.1) is 11.8 Å². The second-order valence-corrected chi connectivity index (χ2v) is 6.92. The third-order valence-corrected chi connectivity index (χ3v) is 5.19. The molecule has 0 aliphatic heterocycles. The molecular formula is C17H27NOS. The van der Waals surface area contributed by atoms with Crippen molar-refractivity contribution in [1.82, 2.24) is 5.32 Å². The molecule has 2 rings (SSSR count). The van der Waals surface area contributed by atoms with Gasteiger partial charge < -0.3 is 10.1 Å². The molecular weight excluding hydrogens is 266 g/mol. The van der Waals surface area contributed by atoms with Gasteiger partial charge in [0.25, 0.3) is 0 Å². The molecule has 0 bridgehead atoms. The molecule has 1 fully saturated rings. The zero-order valence-electron chi connectivity index (χ0n) is 12.6. The summed E-state index contributed by atoms with van der Waals surface area (Å²) in [5.41, 5.74) is 1.35. The number of hydrogen-bond acceptors (Lipinski definition) is 3. The molecule has 112 valence electrons. The Balaban J connectivity index is 1.75. The Bertz CT molecular complexity index is 358. The number of hydrogen-bond donors (Lipinski definition) is 1. The standard InChI is InChI=1S/C17H27NOS/c1-19-13-12-18-14-15-8-10-17(11-9-15)20-16-6-4-2-3-5-7-16/h8-11,16,18H,2-7,12-14H2,1H3. The number of methoxy groups -OCH3 is 1. The van der Waals surface area contributed by atoms with Crippen LogP contribution in [0.2, 0.25) is 0 Å². The number of nitrogens with one attached hydrogen (secondary N) is 1. The van der Waals surface area contributed by atoms with Gasteiger partial charge in [0.15, 0.2) is 0 Å². The maximum absolute atomic E-state index is 5.03. The van der Waals surface area contributed by atoms with E-state index in [4.69, 9.17) is 4.74 Å². The Morgan fingerprint density at radius 2 is 1.80 bits per heavy atom. The maximum atomic E-state index is 5.03. The summed E-state index contributed by atoms with van der Waals surface area (Å²) in [6, 6.07) is 9.06. The lowest BCUT2D eigenvalue weighted by Crippen LogP contribution is -2.18. The lowest BCUT2D eigenvalue weighted by atomic mass is 10.2. The van der Waals surface area contributed by atoms with Crippen molar-refractivity contribution < 1.29 is 4.74 Å². The summed E-state index contributed by atoms with van der Waals surface area (Å²) in [5, 5.41) is 4.22. The highest BCUT2D eigenvalue weighted by atomic mass is 32.2. The zero-order chi connectivity index (χ0) is 14.0. The van der Waals surface area contributed by atoms with Crippen molar-refractivity contribution in [3.05, 3.63) is 29.8 Å². The number of benzene rings is 1. The van der Waals surface area contributed by atoms with Gasteiger partial charge in [0.2, 0.25) is 0 Å². The van der Waals surface area contributed by atoms with Crippen LogP contribution in [0.15, 0.2) is 29.2 Å². The molecule has 0 unspecified atom stereocenters. The molecule has 0 radical (unpaired) electrons. The minimum atomic E-state index is 0.773. The minimum Gasteiger partial charge on any atom is -0.383 e. The predicted molar refractivity (Wildman–Crippen MR) is 87.4 cm³/mol. The van der Waals surface area contributed by atoms with Gasteiger partial charge in [-0.1, -0.05) is 37.8 Å². The van der Waals surface area contributed by atoms with E-state index in [2.05, 4.69) is 41.3 Å². The van der Waals surface area contributed by atoms with E-state index in [0.717, 1.165) is 24.9 Å². The maximum Gasteiger partial charge on any atom is 0.0587 e. The molecule has 0 atom stereocenters. The lowest BCUT2D eigenvalue weighted by Gasteiger charge is -2.13. The molecule has 0 heterocycles. The summed E-state index contributed by atoms with van der Waals surface area (Å²) in [6.45, 7) is 2.61. The lowest BCUT2D eigenvalue weighted by molar-refractivity contribution is 0.199. The molecule has 2 nitrogen and oxygen atoms in total. The fourth-order valence-corrected chi connectivity index (χ4v) is 3.89. The summed E-state index contributed by atoms with van der Waals surface area (Å²) < 4.78 is 5.03. The van der Waals surface area contributed by atoms with Gasteiger partial charge in [0, 0.05) is 30.3 Å². The normalized spacial score (nSPS) is 17.1. The number of thioether (sulfide) groups is 1. The fourth-order valence-electron chi connectivity index (χ4n) is 2.65. The van der Waals surface area contributed by atoms with Crippen LogP contribution in [-0.4, -0.2) is 25.5 Å². The van der Waals surface area contributed by atoms with E-state index in [-0.39, 0.29) is 0 Å². The van der Waals surface area contributed by atoms with Crippen LogP contribution >= 0.6 is 11.8 Å². The van der Waals surface area contributed by atoms with Gasteiger partial charge in [-0.2, -0.15) is 0 Å². The average Bonchev–Trinajstić information content (AvgIpc) is 2.74. The van der Waals surface area contributed by atoms with Crippen LogP contribution in [0.4, 0.5) is 0 Å². The molecule has 1 saturated carbocycles. The van der Waals surface area contributed by atoms with E-state index in [1.54, 1.807) is 7.11 Å². The third-order valence-electron chi connectivity index (χ3n) is 3.84. The Kier molecular flexibility index (Phi) is 7.48. The van der Waals surface area contributed by atoms with Gasteiger partial charge in [-0.3, -0.25) is 0 Å². The Hall–Kier alpha value is -0.510. The van der Waals surface area contributed by atoms with Crippen molar-refractivity contribution in [3.8, 4) is 0 Å². The molecule has 1 aliphatic carbocycles. The largest absolute Gasteiger partial charge is 0.383 e. The van der Waals surface area contributed by atoms with Gasteiger partial charge in [-0.25, -0.2) is 0 Å².